The molecule has 3 heterocycles. The van der Waals surface area contributed by atoms with Crippen LogP contribution in [0, 0.1) is 25.2 Å². The molecule has 14 nitrogen and oxygen atoms in total. The molecule has 0 aliphatic rings. The quantitative estimate of drug-likeness (QED) is 0.0534. The number of aliphatic carboxylic acids is 2. The number of hydrogen-bond acceptors (Lipinski definition) is 11. The lowest BCUT2D eigenvalue weighted by Gasteiger charge is -2.18. The maximum absolute atomic E-state index is 11.0. The number of nitrogens with one attached hydrogen (secondary N) is 1. The number of halogens is 1. The van der Waals surface area contributed by atoms with Crippen LogP contribution < -0.4 is 14.8 Å². The molecule has 0 saturated carbocycles. The number of rotatable bonds is 20. The second-order valence-electron chi connectivity index (χ2n) is 14.5. The molecule has 0 unspecified atom stereocenters. The topological polar surface area (TPSA) is 212 Å². The number of aromatic nitrogens is 4. The molecule has 0 amide bonds. The average molecular weight is 833 g/mol. The van der Waals surface area contributed by atoms with E-state index in [0.717, 1.165) is 44.5 Å². The Morgan fingerprint density at radius 2 is 1.57 bits per heavy atom. The first-order valence-corrected chi connectivity index (χ1v) is 19.7. The van der Waals surface area contributed by atoms with Crippen LogP contribution in [0.25, 0.3) is 28.2 Å². The Hall–Kier alpha value is -6.37. The summed E-state index contributed by atoms with van der Waals surface area (Å²) in [7, 11) is 0. The molecule has 310 valence electrons. The van der Waals surface area contributed by atoms with Gasteiger partial charge in [-0.05, 0) is 90.3 Å². The zero-order valence-corrected chi connectivity index (χ0v) is 33.9. The summed E-state index contributed by atoms with van der Waals surface area (Å²) in [4.78, 5) is 30.8. The van der Waals surface area contributed by atoms with Crippen molar-refractivity contribution in [2.24, 2.45) is 0 Å². The molecule has 2 atom stereocenters. The van der Waals surface area contributed by atoms with Gasteiger partial charge in [-0.15, -0.1) is 5.10 Å². The van der Waals surface area contributed by atoms with Crippen LogP contribution in [0.3, 0.4) is 0 Å². The molecule has 0 aliphatic heterocycles. The van der Waals surface area contributed by atoms with Crippen LogP contribution in [0.4, 0.5) is 0 Å². The minimum absolute atomic E-state index is 0.129. The van der Waals surface area contributed by atoms with E-state index in [1.807, 2.05) is 56.4 Å². The van der Waals surface area contributed by atoms with E-state index >= 15 is 0 Å². The highest BCUT2D eigenvalue weighted by atomic mass is 35.5. The highest BCUT2D eigenvalue weighted by Gasteiger charge is 2.18. The van der Waals surface area contributed by atoms with Gasteiger partial charge >= 0.3 is 11.9 Å². The number of nitrogens with zero attached hydrogens (tertiary/aromatic N) is 5. The van der Waals surface area contributed by atoms with Crippen LogP contribution in [0.2, 0.25) is 5.02 Å². The van der Waals surface area contributed by atoms with Crippen molar-refractivity contribution in [2.75, 3.05) is 6.54 Å². The van der Waals surface area contributed by atoms with Crippen molar-refractivity contribution in [2.45, 2.75) is 77.9 Å². The fourth-order valence-electron chi connectivity index (χ4n) is 6.89. The van der Waals surface area contributed by atoms with E-state index in [2.05, 4.69) is 28.5 Å². The SMILES string of the molecule is Cc1c(COc2cc(OCc3cncc(C#N)c3)c(CCC[C@@H](O)CC(=O)O)cc2Cl)cccc1-c1cccc(-c2nc3ccc(CNC[C@@H](O)CC(=O)O)cn3n2)c1C. The van der Waals surface area contributed by atoms with E-state index in [9.17, 15) is 25.1 Å². The Labute approximate surface area is 351 Å². The monoisotopic (exact) mass is 832 g/mol. The third-order valence-electron chi connectivity index (χ3n) is 10.0. The molecule has 5 N–H and O–H groups in total. The number of carbonyl (C=O) groups is 2. The molecule has 0 fully saturated rings. The lowest BCUT2D eigenvalue weighted by Crippen LogP contribution is -2.28. The van der Waals surface area contributed by atoms with Gasteiger partial charge in [0, 0.05) is 48.9 Å². The van der Waals surface area contributed by atoms with Gasteiger partial charge in [0.05, 0.1) is 35.6 Å². The molecular formula is C45H45ClN6O8. The van der Waals surface area contributed by atoms with Crippen LogP contribution in [-0.2, 0) is 35.8 Å². The smallest absolute Gasteiger partial charge is 0.306 e. The van der Waals surface area contributed by atoms with Gasteiger partial charge in [-0.3, -0.25) is 14.6 Å². The zero-order valence-electron chi connectivity index (χ0n) is 33.1. The van der Waals surface area contributed by atoms with Crippen molar-refractivity contribution in [3.63, 3.8) is 0 Å². The molecule has 6 rings (SSSR count). The molecule has 0 spiro atoms. The van der Waals surface area contributed by atoms with E-state index in [4.69, 9.17) is 41.4 Å². The normalized spacial score (nSPS) is 12.2. The summed E-state index contributed by atoms with van der Waals surface area (Å²) in [5.74, 6) is -0.644. The summed E-state index contributed by atoms with van der Waals surface area (Å²) in [6.07, 6.45) is 3.58. The van der Waals surface area contributed by atoms with Crippen LogP contribution in [0.15, 0.2) is 85.3 Å². The highest BCUT2D eigenvalue weighted by Crippen LogP contribution is 2.37. The average Bonchev–Trinajstić information content (AvgIpc) is 3.63. The molecule has 60 heavy (non-hydrogen) atoms. The van der Waals surface area contributed by atoms with Crippen LogP contribution in [-0.4, -0.2) is 70.7 Å². The number of nitriles is 1. The fourth-order valence-corrected chi connectivity index (χ4v) is 7.14. The standard InChI is InChI=1S/C45H45ClN6O8/c1-27-33(26-60-41-18-40(59-25-31-14-30(19-47)21-48-22-31)32(15-39(41)46)6-3-8-34(53)16-43(55)56)7-4-9-36(27)37-10-5-11-38(28(37)2)45-50-42-13-12-29(24-52(42)51-45)20-49-23-35(54)17-44(57)58/h4-5,7,9-15,18,21-22,24,34-35,49,53-54H,3,6,8,16-17,20,23,25-26H2,1-2H3,(H,55,56)(H,57,58)/t34-,35+/m1/s1. The molecule has 15 heteroatoms. The maximum atomic E-state index is 11.0. The van der Waals surface area contributed by atoms with E-state index in [1.165, 1.54) is 6.20 Å². The number of aliphatic hydroxyl groups excluding tert-OH is 2. The summed E-state index contributed by atoms with van der Waals surface area (Å²) < 4.78 is 14.3. The van der Waals surface area contributed by atoms with Gasteiger partial charge in [0.2, 0.25) is 0 Å². The predicted octanol–water partition coefficient (Wildman–Crippen LogP) is 6.84. The Bertz CT molecular complexity index is 2540. The summed E-state index contributed by atoms with van der Waals surface area (Å²) in [5.41, 5.74) is 9.28. The highest BCUT2D eigenvalue weighted by molar-refractivity contribution is 6.32. The number of ether oxygens (including phenoxy) is 2. The summed E-state index contributed by atoms with van der Waals surface area (Å²) in [5, 5.41) is 55.4. The third kappa shape index (κ3) is 11.2. The Kier molecular flexibility index (Phi) is 14.4. The third-order valence-corrected chi connectivity index (χ3v) is 10.3. The predicted molar refractivity (Wildman–Crippen MR) is 224 cm³/mol. The second kappa shape index (κ2) is 20.1. The number of pyridine rings is 2. The van der Waals surface area contributed by atoms with Crippen LogP contribution >= 0.6 is 11.6 Å². The van der Waals surface area contributed by atoms with Crippen molar-refractivity contribution < 1.29 is 39.5 Å². The van der Waals surface area contributed by atoms with Gasteiger partial charge in [0.15, 0.2) is 11.5 Å². The minimum atomic E-state index is -1.06. The first kappa shape index (κ1) is 43.2. The number of carboxylic acid groups (broad SMARTS) is 2. The van der Waals surface area contributed by atoms with Gasteiger partial charge in [-0.1, -0.05) is 54.1 Å². The van der Waals surface area contributed by atoms with E-state index in [-0.39, 0.29) is 39.0 Å². The van der Waals surface area contributed by atoms with Crippen molar-refractivity contribution >= 4 is 29.2 Å². The van der Waals surface area contributed by atoms with E-state index < -0.39 is 24.1 Å². The van der Waals surface area contributed by atoms with Gasteiger partial charge in [-0.2, -0.15) is 5.26 Å². The molecular weight excluding hydrogens is 788 g/mol. The largest absolute Gasteiger partial charge is 0.488 e. The lowest BCUT2D eigenvalue weighted by atomic mass is 9.91. The number of fused-ring (bicyclic) bond motifs is 1. The Morgan fingerprint density at radius 3 is 2.33 bits per heavy atom. The molecule has 0 saturated heterocycles. The number of hydrogen-bond donors (Lipinski definition) is 5. The van der Waals surface area contributed by atoms with E-state index in [0.29, 0.717) is 58.5 Å². The number of aryl methyl sites for hydroxylation is 1. The number of carboxylic acids is 2. The van der Waals surface area contributed by atoms with Crippen molar-refractivity contribution in [1.29, 1.82) is 5.26 Å². The first-order valence-electron chi connectivity index (χ1n) is 19.3. The molecule has 0 bridgehead atoms. The molecule has 3 aromatic heterocycles. The first-order chi connectivity index (χ1) is 28.9. The molecule has 0 aliphatic carbocycles. The fraction of sp³-hybridized carbons (Fsp3) is 0.289. The molecule has 3 aromatic carbocycles. The number of aliphatic hydroxyl groups is 2. The van der Waals surface area contributed by atoms with Crippen molar-refractivity contribution in [3.8, 4) is 40.1 Å². The van der Waals surface area contributed by atoms with Crippen LogP contribution in [0.5, 0.6) is 11.5 Å². The Morgan fingerprint density at radius 1 is 0.850 bits per heavy atom. The zero-order chi connectivity index (χ0) is 42.8. The minimum Gasteiger partial charge on any atom is -0.488 e. The molecule has 0 radical (unpaired) electrons. The van der Waals surface area contributed by atoms with Gasteiger partial charge in [0.25, 0.3) is 0 Å². The Balaban J connectivity index is 1.19. The summed E-state index contributed by atoms with van der Waals surface area (Å²) >= 11 is 6.79. The van der Waals surface area contributed by atoms with Crippen molar-refractivity contribution in [3.05, 3.63) is 129 Å². The van der Waals surface area contributed by atoms with Gasteiger partial charge < -0.3 is 35.2 Å². The van der Waals surface area contributed by atoms with Crippen LogP contribution in [0.1, 0.15) is 64.6 Å². The van der Waals surface area contributed by atoms with Crippen molar-refractivity contribution in [1.82, 2.24) is 24.9 Å². The van der Waals surface area contributed by atoms with Gasteiger partial charge in [-0.25, -0.2) is 9.50 Å². The number of benzene rings is 3. The second-order valence-corrected chi connectivity index (χ2v) is 14.9. The summed E-state index contributed by atoms with van der Waals surface area (Å²) in [6, 6.07) is 23.1. The van der Waals surface area contributed by atoms with E-state index in [1.54, 1.807) is 28.9 Å². The summed E-state index contributed by atoms with van der Waals surface area (Å²) in [6.45, 7) is 4.98. The molecule has 6 aromatic rings. The maximum Gasteiger partial charge on any atom is 0.306 e. The lowest BCUT2D eigenvalue weighted by molar-refractivity contribution is -0.140. The van der Waals surface area contributed by atoms with Gasteiger partial charge in [0.1, 0.15) is 30.8 Å².